The first kappa shape index (κ1) is 12.5. The maximum absolute atomic E-state index is 12.3. The molecule has 1 unspecified atom stereocenters. The van der Waals surface area contributed by atoms with Crippen molar-refractivity contribution in [3.63, 3.8) is 0 Å². The van der Waals surface area contributed by atoms with Gasteiger partial charge < -0.3 is 5.73 Å². The fraction of sp³-hybridized carbons (Fsp3) is 0.545. The molecular formula is C11H17N3O2S. The molecule has 0 radical (unpaired) electrons. The average molecular weight is 255 g/mol. The van der Waals surface area contributed by atoms with Gasteiger partial charge in [0.15, 0.2) is 0 Å². The van der Waals surface area contributed by atoms with Crippen molar-refractivity contribution < 1.29 is 8.42 Å². The van der Waals surface area contributed by atoms with Crippen molar-refractivity contribution in [2.45, 2.75) is 17.7 Å². The summed E-state index contributed by atoms with van der Waals surface area (Å²) in [5.41, 5.74) is 5.61. The number of pyridine rings is 1. The predicted molar refractivity (Wildman–Crippen MR) is 64.8 cm³/mol. The summed E-state index contributed by atoms with van der Waals surface area (Å²) < 4.78 is 26.1. The van der Waals surface area contributed by atoms with Crippen LogP contribution in [0.1, 0.15) is 12.8 Å². The molecule has 5 nitrogen and oxygen atoms in total. The van der Waals surface area contributed by atoms with Gasteiger partial charge in [-0.2, -0.15) is 4.31 Å². The van der Waals surface area contributed by atoms with Gasteiger partial charge in [-0.1, -0.05) is 0 Å². The summed E-state index contributed by atoms with van der Waals surface area (Å²) in [5, 5.41) is 0. The Kier molecular flexibility index (Phi) is 3.76. The van der Waals surface area contributed by atoms with Gasteiger partial charge in [-0.3, -0.25) is 4.98 Å². The van der Waals surface area contributed by atoms with Crippen LogP contribution in [0.3, 0.4) is 0 Å². The van der Waals surface area contributed by atoms with Crippen molar-refractivity contribution in [1.29, 1.82) is 0 Å². The fourth-order valence-electron chi connectivity index (χ4n) is 2.09. The zero-order valence-electron chi connectivity index (χ0n) is 9.62. The summed E-state index contributed by atoms with van der Waals surface area (Å²) in [6.45, 7) is 1.64. The lowest BCUT2D eigenvalue weighted by Gasteiger charge is -2.31. The van der Waals surface area contributed by atoms with Gasteiger partial charge in [0.2, 0.25) is 10.0 Å². The molecule has 0 aliphatic carbocycles. The Balaban J connectivity index is 2.21. The van der Waals surface area contributed by atoms with E-state index >= 15 is 0 Å². The number of nitrogens with zero attached hydrogens (tertiary/aromatic N) is 2. The molecule has 0 aromatic carbocycles. The molecule has 2 rings (SSSR count). The molecule has 6 heteroatoms. The Morgan fingerprint density at radius 1 is 1.53 bits per heavy atom. The molecule has 0 spiro atoms. The number of rotatable bonds is 3. The Hall–Kier alpha value is -0.980. The predicted octanol–water partition coefficient (Wildman–Crippen LogP) is 0.441. The van der Waals surface area contributed by atoms with Crippen molar-refractivity contribution in [2.75, 3.05) is 19.6 Å². The van der Waals surface area contributed by atoms with E-state index in [1.165, 1.54) is 10.5 Å². The highest BCUT2D eigenvalue weighted by Gasteiger charge is 2.29. The van der Waals surface area contributed by atoms with E-state index in [1.807, 2.05) is 0 Å². The van der Waals surface area contributed by atoms with Gasteiger partial charge in [-0.15, -0.1) is 0 Å². The molecule has 1 aromatic rings. The maximum Gasteiger partial charge on any atom is 0.244 e. The maximum atomic E-state index is 12.3. The Labute approximate surface area is 102 Å². The van der Waals surface area contributed by atoms with E-state index in [2.05, 4.69) is 4.98 Å². The van der Waals surface area contributed by atoms with Crippen LogP contribution in [0, 0.1) is 5.92 Å². The van der Waals surface area contributed by atoms with Gasteiger partial charge in [0.05, 0.1) is 0 Å². The van der Waals surface area contributed by atoms with E-state index in [-0.39, 0.29) is 10.8 Å². The number of hydrogen-bond acceptors (Lipinski definition) is 4. The fourth-order valence-corrected chi connectivity index (χ4v) is 3.61. The highest BCUT2D eigenvalue weighted by atomic mass is 32.2. The molecule has 1 saturated heterocycles. The third kappa shape index (κ3) is 2.65. The van der Waals surface area contributed by atoms with Crippen molar-refractivity contribution in [3.8, 4) is 0 Å². The molecule has 94 valence electrons. The van der Waals surface area contributed by atoms with E-state index in [1.54, 1.807) is 18.3 Å². The van der Waals surface area contributed by atoms with Gasteiger partial charge in [0, 0.05) is 25.5 Å². The standard InChI is InChI=1S/C11H17N3O2S/c12-7-10-3-2-6-14(9-10)17(15,16)11-4-1-5-13-8-11/h1,4-5,8,10H,2-3,6-7,9,12H2. The molecule has 1 aliphatic rings. The minimum Gasteiger partial charge on any atom is -0.330 e. The lowest BCUT2D eigenvalue weighted by atomic mass is 10.0. The first-order valence-electron chi connectivity index (χ1n) is 5.75. The lowest BCUT2D eigenvalue weighted by molar-refractivity contribution is 0.271. The minimum absolute atomic E-state index is 0.262. The van der Waals surface area contributed by atoms with Gasteiger partial charge in [0.1, 0.15) is 4.90 Å². The van der Waals surface area contributed by atoms with Crippen LogP contribution < -0.4 is 5.73 Å². The molecule has 1 aromatic heterocycles. The van der Waals surface area contributed by atoms with Crippen LogP contribution in [0.4, 0.5) is 0 Å². The van der Waals surface area contributed by atoms with E-state index < -0.39 is 10.0 Å². The highest BCUT2D eigenvalue weighted by Crippen LogP contribution is 2.22. The molecule has 1 atom stereocenters. The van der Waals surface area contributed by atoms with Crippen LogP contribution in [-0.2, 0) is 10.0 Å². The number of piperidine rings is 1. The quantitative estimate of drug-likeness (QED) is 0.850. The van der Waals surface area contributed by atoms with E-state index in [0.717, 1.165) is 12.8 Å². The number of aromatic nitrogens is 1. The number of nitrogens with two attached hydrogens (primary N) is 1. The van der Waals surface area contributed by atoms with Gasteiger partial charge in [0.25, 0.3) is 0 Å². The second-order valence-corrected chi connectivity index (χ2v) is 6.23. The zero-order chi connectivity index (χ0) is 12.3. The molecule has 0 saturated carbocycles. The summed E-state index contributed by atoms with van der Waals surface area (Å²) in [6, 6.07) is 3.21. The van der Waals surface area contributed by atoms with Gasteiger partial charge >= 0.3 is 0 Å². The van der Waals surface area contributed by atoms with Crippen LogP contribution in [0.2, 0.25) is 0 Å². The second-order valence-electron chi connectivity index (χ2n) is 4.30. The SMILES string of the molecule is NCC1CCCN(S(=O)(=O)c2cccnc2)C1. The average Bonchev–Trinajstić information content (AvgIpc) is 2.40. The molecule has 1 fully saturated rings. The molecular weight excluding hydrogens is 238 g/mol. The largest absolute Gasteiger partial charge is 0.330 e. The molecule has 17 heavy (non-hydrogen) atoms. The Bertz CT molecular complexity index is 461. The minimum atomic E-state index is -3.39. The van der Waals surface area contributed by atoms with Crippen molar-refractivity contribution in [1.82, 2.24) is 9.29 Å². The highest BCUT2D eigenvalue weighted by molar-refractivity contribution is 7.89. The summed E-state index contributed by atoms with van der Waals surface area (Å²) in [5.74, 6) is 0.273. The van der Waals surface area contributed by atoms with E-state index in [4.69, 9.17) is 5.73 Å². The third-order valence-electron chi connectivity index (χ3n) is 3.09. The first-order valence-corrected chi connectivity index (χ1v) is 7.19. The topological polar surface area (TPSA) is 76.3 Å². The van der Waals surface area contributed by atoms with Gasteiger partial charge in [-0.05, 0) is 37.4 Å². The Morgan fingerprint density at radius 3 is 3.00 bits per heavy atom. The van der Waals surface area contributed by atoms with Crippen LogP contribution in [0.15, 0.2) is 29.4 Å². The Morgan fingerprint density at radius 2 is 2.35 bits per heavy atom. The van der Waals surface area contributed by atoms with Crippen LogP contribution in [0.25, 0.3) is 0 Å². The molecule has 0 bridgehead atoms. The molecule has 2 heterocycles. The van der Waals surface area contributed by atoms with Crippen LogP contribution in [0.5, 0.6) is 0 Å². The summed E-state index contributed by atoms with van der Waals surface area (Å²) in [7, 11) is -3.39. The third-order valence-corrected chi connectivity index (χ3v) is 4.94. The summed E-state index contributed by atoms with van der Waals surface area (Å²) >= 11 is 0. The van der Waals surface area contributed by atoms with Crippen molar-refractivity contribution >= 4 is 10.0 Å². The van der Waals surface area contributed by atoms with E-state index in [0.29, 0.717) is 19.6 Å². The van der Waals surface area contributed by atoms with Crippen LogP contribution >= 0.6 is 0 Å². The molecule has 2 N–H and O–H groups in total. The number of sulfonamides is 1. The zero-order valence-corrected chi connectivity index (χ0v) is 10.4. The van der Waals surface area contributed by atoms with Crippen molar-refractivity contribution in [2.24, 2.45) is 11.7 Å². The number of hydrogen-bond donors (Lipinski definition) is 1. The second kappa shape index (κ2) is 5.12. The normalized spacial score (nSPS) is 22.5. The first-order chi connectivity index (χ1) is 8.14. The summed E-state index contributed by atoms with van der Waals surface area (Å²) in [6.07, 6.45) is 4.84. The van der Waals surface area contributed by atoms with Crippen LogP contribution in [-0.4, -0.2) is 37.3 Å². The van der Waals surface area contributed by atoms with Crippen molar-refractivity contribution in [3.05, 3.63) is 24.5 Å². The lowest BCUT2D eigenvalue weighted by Crippen LogP contribution is -2.41. The van der Waals surface area contributed by atoms with Gasteiger partial charge in [-0.25, -0.2) is 8.42 Å². The summed E-state index contributed by atoms with van der Waals surface area (Å²) in [4.78, 5) is 4.12. The smallest absolute Gasteiger partial charge is 0.244 e. The molecule has 1 aliphatic heterocycles. The van der Waals surface area contributed by atoms with E-state index in [9.17, 15) is 8.42 Å². The monoisotopic (exact) mass is 255 g/mol. The molecule has 0 amide bonds.